The maximum atomic E-state index is 2.32. The van der Waals surface area contributed by atoms with E-state index in [9.17, 15) is 0 Å². The number of fused-ring (bicyclic) bond motifs is 2. The Kier molecular flexibility index (Phi) is 10.4. The minimum atomic E-state index is 0. The molecule has 0 bridgehead atoms. The second-order valence-electron chi connectivity index (χ2n) is 13.4. The summed E-state index contributed by atoms with van der Waals surface area (Å²) in [5, 5.41) is 6.00. The first-order valence-electron chi connectivity index (χ1n) is 15.4. The smallest absolute Gasteiger partial charge is 0.0109 e. The van der Waals surface area contributed by atoms with Crippen molar-refractivity contribution in [2.75, 3.05) is 0 Å². The van der Waals surface area contributed by atoms with E-state index in [1.807, 2.05) is 0 Å². The Labute approximate surface area is 254 Å². The van der Waals surface area contributed by atoms with Crippen LogP contribution >= 0.6 is 0 Å². The minimum absolute atomic E-state index is 0. The van der Waals surface area contributed by atoms with Crippen molar-refractivity contribution in [3.63, 3.8) is 0 Å². The van der Waals surface area contributed by atoms with Crippen molar-refractivity contribution in [2.45, 2.75) is 144 Å². The maximum Gasteiger partial charge on any atom is -0.0109 e. The van der Waals surface area contributed by atoms with E-state index in [2.05, 4.69) is 125 Å². The number of rotatable bonds is 2. The summed E-state index contributed by atoms with van der Waals surface area (Å²) < 4.78 is 0. The normalized spacial score (nSPS) is 11.4. The average molecular weight is 553 g/mol. The fourth-order valence-electron chi connectivity index (χ4n) is 7.62. The summed E-state index contributed by atoms with van der Waals surface area (Å²) in [6, 6.07) is 0. The van der Waals surface area contributed by atoms with Crippen LogP contribution in [0.3, 0.4) is 0 Å². The van der Waals surface area contributed by atoms with Gasteiger partial charge < -0.3 is 0 Å². The molecule has 4 aromatic rings. The van der Waals surface area contributed by atoms with E-state index in [4.69, 9.17) is 0 Å². The molecule has 0 nitrogen and oxygen atoms in total. The van der Waals surface area contributed by atoms with Gasteiger partial charge in [-0.25, -0.2) is 0 Å². The first-order valence-corrected chi connectivity index (χ1v) is 15.4. The summed E-state index contributed by atoms with van der Waals surface area (Å²) in [5.41, 5.74) is 23.6. The second-order valence-corrected chi connectivity index (χ2v) is 13.4. The van der Waals surface area contributed by atoms with Gasteiger partial charge in [-0.1, -0.05) is 35.1 Å². The number of hydrogen-bond donors (Lipinski definition) is 0. The van der Waals surface area contributed by atoms with Gasteiger partial charge >= 0.3 is 0 Å². The third-order valence-corrected chi connectivity index (χ3v) is 10.8. The van der Waals surface area contributed by atoms with E-state index in [0.717, 1.165) is 0 Å². The second kappa shape index (κ2) is 12.3. The standard InChI is InChI=1S/2C20H28.CH4/c1-10(2)18-14(6)13(5)16(8)19-15(7)11(3)12(4)17(9)20(18)19;1-10(2)18-15(7)16(8)19-13(5)11(3)12(4)14(6)20(19)17(18)9;/h2*10H,1-9H3;1H4. The summed E-state index contributed by atoms with van der Waals surface area (Å²) in [5.74, 6) is 1.15. The molecule has 0 amide bonds. The van der Waals surface area contributed by atoms with Crippen molar-refractivity contribution in [3.8, 4) is 0 Å². The number of hydrogen-bond acceptors (Lipinski definition) is 0. The highest BCUT2D eigenvalue weighted by Gasteiger charge is 2.21. The van der Waals surface area contributed by atoms with Crippen molar-refractivity contribution in [3.05, 3.63) is 89.0 Å². The molecule has 41 heavy (non-hydrogen) atoms. The molecule has 0 radical (unpaired) electrons. The van der Waals surface area contributed by atoms with Crippen LogP contribution in [0.4, 0.5) is 0 Å². The zero-order valence-electron chi connectivity index (χ0n) is 29.2. The van der Waals surface area contributed by atoms with Crippen LogP contribution < -0.4 is 0 Å². The summed E-state index contributed by atoms with van der Waals surface area (Å²) in [6.07, 6.45) is 0. The van der Waals surface area contributed by atoms with E-state index in [1.165, 1.54) is 99.4 Å². The highest BCUT2D eigenvalue weighted by Crippen LogP contribution is 2.41. The molecule has 0 heteroatoms. The summed E-state index contributed by atoms with van der Waals surface area (Å²) in [4.78, 5) is 0. The van der Waals surface area contributed by atoms with E-state index in [0.29, 0.717) is 11.8 Å². The molecule has 0 saturated heterocycles. The van der Waals surface area contributed by atoms with Gasteiger partial charge in [0.2, 0.25) is 0 Å². The highest BCUT2D eigenvalue weighted by atomic mass is 14.3. The Morgan fingerprint density at radius 3 is 0.805 bits per heavy atom. The molecule has 0 aliphatic heterocycles. The fourth-order valence-corrected chi connectivity index (χ4v) is 7.62. The van der Waals surface area contributed by atoms with Gasteiger partial charge in [0.05, 0.1) is 0 Å². The molecule has 4 rings (SSSR count). The Morgan fingerprint density at radius 1 is 0.244 bits per heavy atom. The molecule has 224 valence electrons. The molecule has 0 aliphatic carbocycles. The van der Waals surface area contributed by atoms with Crippen LogP contribution in [0.25, 0.3) is 21.5 Å². The van der Waals surface area contributed by atoms with Crippen molar-refractivity contribution in [1.29, 1.82) is 0 Å². The van der Waals surface area contributed by atoms with Crippen LogP contribution in [0, 0.1) is 96.9 Å². The third-order valence-electron chi connectivity index (χ3n) is 10.8. The number of benzene rings is 4. The van der Waals surface area contributed by atoms with Crippen LogP contribution in [-0.2, 0) is 0 Å². The van der Waals surface area contributed by atoms with Crippen molar-refractivity contribution < 1.29 is 0 Å². The van der Waals surface area contributed by atoms with Crippen LogP contribution in [0.1, 0.15) is 136 Å². The lowest BCUT2D eigenvalue weighted by Gasteiger charge is -2.24. The van der Waals surface area contributed by atoms with Gasteiger partial charge in [0.25, 0.3) is 0 Å². The van der Waals surface area contributed by atoms with Gasteiger partial charge in [-0.15, -0.1) is 0 Å². The third kappa shape index (κ3) is 5.37. The van der Waals surface area contributed by atoms with Gasteiger partial charge in [0.15, 0.2) is 0 Å². The zero-order chi connectivity index (χ0) is 30.7. The first kappa shape index (κ1) is 34.6. The molecule has 0 aliphatic rings. The predicted molar refractivity (Wildman–Crippen MR) is 189 cm³/mol. The molecule has 0 unspecified atom stereocenters. The van der Waals surface area contributed by atoms with Crippen molar-refractivity contribution >= 4 is 21.5 Å². The van der Waals surface area contributed by atoms with E-state index in [-0.39, 0.29) is 7.43 Å². The Hall–Kier alpha value is -2.60. The molecule has 0 saturated carbocycles. The SMILES string of the molecule is C.Cc1c(C)c(C)c2c(C(C)C)c(C)c(C)c(C)c2c1C.Cc1c(C)c(C)c2c(C)c(C(C)C)c(C)c(C)c2c1C. The van der Waals surface area contributed by atoms with E-state index >= 15 is 0 Å². The van der Waals surface area contributed by atoms with Crippen LogP contribution in [0.5, 0.6) is 0 Å². The molecule has 0 atom stereocenters. The Balaban J connectivity index is 0.000000280. The number of aryl methyl sites for hydroxylation is 7. The molecule has 0 N–H and O–H groups in total. The lowest BCUT2D eigenvalue weighted by atomic mass is 9.80. The molecule has 0 fully saturated rings. The minimum Gasteiger partial charge on any atom is -0.0776 e. The van der Waals surface area contributed by atoms with Crippen LogP contribution in [0.15, 0.2) is 0 Å². The van der Waals surface area contributed by atoms with Crippen molar-refractivity contribution in [2.24, 2.45) is 0 Å². The van der Waals surface area contributed by atoms with Crippen LogP contribution in [-0.4, -0.2) is 0 Å². The van der Waals surface area contributed by atoms with E-state index < -0.39 is 0 Å². The summed E-state index contributed by atoms with van der Waals surface area (Å²) >= 11 is 0. The lowest BCUT2D eigenvalue weighted by molar-refractivity contribution is 0.846. The van der Waals surface area contributed by atoms with Gasteiger partial charge in [0.1, 0.15) is 0 Å². The Bertz CT molecular complexity index is 1630. The topological polar surface area (TPSA) is 0 Å². The van der Waals surface area contributed by atoms with Crippen molar-refractivity contribution in [1.82, 2.24) is 0 Å². The molecule has 0 heterocycles. The average Bonchev–Trinajstić information content (AvgIpc) is 2.88. The van der Waals surface area contributed by atoms with Gasteiger partial charge in [-0.2, -0.15) is 0 Å². The molecular weight excluding hydrogens is 492 g/mol. The molecule has 0 aromatic heterocycles. The summed E-state index contributed by atoms with van der Waals surface area (Å²) in [6.45, 7) is 41.2. The largest absolute Gasteiger partial charge is 0.0776 e. The van der Waals surface area contributed by atoms with Gasteiger partial charge in [0, 0.05) is 0 Å². The Morgan fingerprint density at radius 2 is 0.463 bits per heavy atom. The first-order chi connectivity index (χ1) is 18.4. The monoisotopic (exact) mass is 552 g/mol. The highest BCUT2D eigenvalue weighted by molar-refractivity contribution is 5.98. The molecular formula is C41H60. The van der Waals surface area contributed by atoms with E-state index in [1.54, 1.807) is 11.1 Å². The van der Waals surface area contributed by atoms with Gasteiger partial charge in [-0.3, -0.25) is 0 Å². The maximum absolute atomic E-state index is 2.32. The van der Waals surface area contributed by atoms with Gasteiger partial charge in [-0.05, 0) is 219 Å². The predicted octanol–water partition coefficient (Wildman–Crippen LogP) is 12.9. The molecule has 4 aromatic carbocycles. The fraction of sp³-hybridized carbons (Fsp3) is 0.512. The quantitative estimate of drug-likeness (QED) is 0.232. The summed E-state index contributed by atoms with van der Waals surface area (Å²) in [7, 11) is 0. The van der Waals surface area contributed by atoms with Crippen LogP contribution in [0.2, 0.25) is 0 Å². The lowest BCUT2D eigenvalue weighted by Crippen LogP contribution is -2.05. The zero-order valence-corrected chi connectivity index (χ0v) is 29.2. The molecule has 0 spiro atoms.